The van der Waals surface area contributed by atoms with Gasteiger partial charge >= 0.3 is 5.97 Å². The minimum Gasteiger partial charge on any atom is -0.481 e. The zero-order valence-corrected chi connectivity index (χ0v) is 12.4. The summed E-state index contributed by atoms with van der Waals surface area (Å²) in [5.74, 6) is -0.451. The molecular weight excluding hydrogens is 274 g/mol. The molecule has 116 valence electrons. The van der Waals surface area contributed by atoms with Gasteiger partial charge in [-0.25, -0.2) is 0 Å². The zero-order valence-electron chi connectivity index (χ0n) is 12.4. The lowest BCUT2D eigenvalue weighted by atomic mass is 9.89. The molecule has 1 aliphatic rings. The Morgan fingerprint density at radius 1 is 1.48 bits per heavy atom. The van der Waals surface area contributed by atoms with E-state index in [1.54, 1.807) is 6.07 Å². The molecule has 0 spiro atoms. The average molecular weight is 295 g/mol. The summed E-state index contributed by atoms with van der Waals surface area (Å²) >= 11 is 0. The molecule has 1 saturated carbocycles. The average Bonchev–Trinajstić information content (AvgIpc) is 2.85. The van der Waals surface area contributed by atoms with Crippen LogP contribution in [0.15, 0.2) is 10.6 Å². The lowest BCUT2D eigenvalue weighted by Gasteiger charge is -2.20. The monoisotopic (exact) mass is 295 g/mol. The highest BCUT2D eigenvalue weighted by Gasteiger charge is 2.28. The van der Waals surface area contributed by atoms with E-state index in [-0.39, 0.29) is 5.92 Å². The Kier molecular flexibility index (Phi) is 4.98. The molecule has 1 aromatic rings. The number of carboxylic acid groups (broad SMARTS) is 1. The Bertz CT molecular complexity index is 498. The molecule has 0 bridgehead atoms. The molecule has 1 aliphatic carbocycles. The summed E-state index contributed by atoms with van der Waals surface area (Å²) in [5, 5.41) is 13.0. The van der Waals surface area contributed by atoms with Crippen molar-refractivity contribution in [3.8, 4) is 5.88 Å². The van der Waals surface area contributed by atoms with Crippen LogP contribution in [0.5, 0.6) is 5.88 Å². The number of hydrogen-bond donors (Lipinski definition) is 1. The number of ether oxygens (including phenoxy) is 1. The molecule has 6 heteroatoms. The van der Waals surface area contributed by atoms with Crippen molar-refractivity contribution in [2.45, 2.75) is 45.4 Å². The first kappa shape index (κ1) is 15.5. The number of carbonyl (C=O) groups is 2. The van der Waals surface area contributed by atoms with Crippen molar-refractivity contribution in [1.29, 1.82) is 0 Å². The van der Waals surface area contributed by atoms with Crippen LogP contribution in [0.2, 0.25) is 0 Å². The highest BCUT2D eigenvalue weighted by molar-refractivity contribution is 5.79. The van der Waals surface area contributed by atoms with Crippen molar-refractivity contribution < 1.29 is 24.0 Å². The number of hydrogen-bond acceptors (Lipinski definition) is 5. The van der Waals surface area contributed by atoms with E-state index >= 15 is 0 Å². The number of nitrogens with zero attached hydrogens (tertiary/aromatic N) is 1. The third-order valence-corrected chi connectivity index (χ3v) is 3.88. The van der Waals surface area contributed by atoms with E-state index in [4.69, 9.17) is 9.26 Å². The first-order valence-electron chi connectivity index (χ1n) is 7.31. The summed E-state index contributed by atoms with van der Waals surface area (Å²) in [7, 11) is 0. The van der Waals surface area contributed by atoms with E-state index in [2.05, 4.69) is 5.16 Å². The summed E-state index contributed by atoms with van der Waals surface area (Å²) in [6, 6.07) is 1.55. The SMILES string of the molecule is CC(C)C(C(=O)O)c1cc(OCC2CCC(=O)CC2)no1. The summed E-state index contributed by atoms with van der Waals surface area (Å²) in [4.78, 5) is 22.4. The largest absolute Gasteiger partial charge is 0.481 e. The van der Waals surface area contributed by atoms with Gasteiger partial charge in [-0.1, -0.05) is 13.8 Å². The van der Waals surface area contributed by atoms with Crippen LogP contribution in [0, 0.1) is 11.8 Å². The van der Waals surface area contributed by atoms with Crippen LogP contribution in [-0.4, -0.2) is 28.6 Å². The second kappa shape index (κ2) is 6.74. The number of carbonyl (C=O) groups excluding carboxylic acids is 1. The van der Waals surface area contributed by atoms with E-state index < -0.39 is 11.9 Å². The molecule has 1 aromatic heterocycles. The molecule has 1 fully saturated rings. The fourth-order valence-corrected chi connectivity index (χ4v) is 2.59. The van der Waals surface area contributed by atoms with E-state index in [1.807, 2.05) is 13.8 Å². The molecule has 6 nitrogen and oxygen atoms in total. The fourth-order valence-electron chi connectivity index (χ4n) is 2.59. The number of ketones is 1. The maximum atomic E-state index is 11.2. The van der Waals surface area contributed by atoms with Crippen LogP contribution < -0.4 is 4.74 Å². The second-order valence-electron chi connectivity index (χ2n) is 5.92. The van der Waals surface area contributed by atoms with E-state index in [0.717, 1.165) is 12.8 Å². The lowest BCUT2D eigenvalue weighted by Crippen LogP contribution is -2.19. The van der Waals surface area contributed by atoms with Gasteiger partial charge in [0.05, 0.1) is 6.61 Å². The Hall–Kier alpha value is -1.85. The van der Waals surface area contributed by atoms with Gasteiger partial charge in [-0.05, 0) is 29.8 Å². The van der Waals surface area contributed by atoms with Crippen molar-refractivity contribution in [3.05, 3.63) is 11.8 Å². The van der Waals surface area contributed by atoms with Gasteiger partial charge in [-0.2, -0.15) is 0 Å². The molecule has 1 atom stereocenters. The number of aliphatic carboxylic acids is 1. The van der Waals surface area contributed by atoms with Crippen LogP contribution in [0.25, 0.3) is 0 Å². The van der Waals surface area contributed by atoms with Gasteiger partial charge < -0.3 is 14.4 Å². The van der Waals surface area contributed by atoms with Gasteiger partial charge in [-0.3, -0.25) is 9.59 Å². The smallest absolute Gasteiger partial charge is 0.314 e. The summed E-state index contributed by atoms with van der Waals surface area (Å²) in [5.41, 5.74) is 0. The third-order valence-electron chi connectivity index (χ3n) is 3.88. The number of rotatable bonds is 6. The first-order valence-corrected chi connectivity index (χ1v) is 7.31. The van der Waals surface area contributed by atoms with Gasteiger partial charge in [0.15, 0.2) is 5.76 Å². The number of Topliss-reactive ketones (excluding diaryl/α,β-unsaturated/α-hetero) is 1. The van der Waals surface area contributed by atoms with Gasteiger partial charge in [0.1, 0.15) is 11.7 Å². The Balaban J connectivity index is 1.91. The molecule has 1 heterocycles. The van der Waals surface area contributed by atoms with Crippen molar-refractivity contribution in [1.82, 2.24) is 5.16 Å². The van der Waals surface area contributed by atoms with Crippen LogP contribution in [0.4, 0.5) is 0 Å². The van der Waals surface area contributed by atoms with E-state index in [0.29, 0.717) is 42.8 Å². The highest BCUT2D eigenvalue weighted by Crippen LogP contribution is 2.28. The highest BCUT2D eigenvalue weighted by atomic mass is 16.5. The topological polar surface area (TPSA) is 89.6 Å². The summed E-state index contributed by atoms with van der Waals surface area (Å²) in [6.07, 6.45) is 2.92. The first-order chi connectivity index (χ1) is 9.97. The molecule has 0 radical (unpaired) electrons. The molecule has 0 aliphatic heterocycles. The molecule has 1 unspecified atom stereocenters. The van der Waals surface area contributed by atoms with Crippen molar-refractivity contribution in [2.75, 3.05) is 6.61 Å². The molecule has 0 amide bonds. The van der Waals surface area contributed by atoms with Crippen LogP contribution >= 0.6 is 0 Å². The minimum absolute atomic E-state index is 0.0901. The molecule has 21 heavy (non-hydrogen) atoms. The quantitative estimate of drug-likeness (QED) is 0.867. The van der Waals surface area contributed by atoms with E-state index in [1.165, 1.54) is 0 Å². The van der Waals surface area contributed by atoms with Crippen LogP contribution in [0.1, 0.15) is 51.2 Å². The third kappa shape index (κ3) is 4.06. The van der Waals surface area contributed by atoms with E-state index in [9.17, 15) is 14.7 Å². The Morgan fingerprint density at radius 2 is 2.14 bits per heavy atom. The Morgan fingerprint density at radius 3 is 2.71 bits per heavy atom. The molecular formula is C15H21NO5. The summed E-state index contributed by atoms with van der Waals surface area (Å²) in [6.45, 7) is 4.13. The van der Waals surface area contributed by atoms with Gasteiger partial charge in [0, 0.05) is 18.9 Å². The minimum atomic E-state index is -0.932. The predicted molar refractivity (Wildman–Crippen MR) is 74.2 cm³/mol. The van der Waals surface area contributed by atoms with Gasteiger partial charge in [0.2, 0.25) is 0 Å². The fraction of sp³-hybridized carbons (Fsp3) is 0.667. The van der Waals surface area contributed by atoms with Crippen molar-refractivity contribution in [3.63, 3.8) is 0 Å². The molecule has 0 aromatic carbocycles. The van der Waals surface area contributed by atoms with Crippen molar-refractivity contribution in [2.24, 2.45) is 11.8 Å². The molecule has 2 rings (SSSR count). The standard InChI is InChI=1S/C15H21NO5/c1-9(2)14(15(18)19)12-7-13(16-21-12)20-8-10-3-5-11(17)6-4-10/h7,9-10,14H,3-6,8H2,1-2H3,(H,18,19). The lowest BCUT2D eigenvalue weighted by molar-refractivity contribution is -0.140. The number of aromatic nitrogens is 1. The Labute approximate surface area is 123 Å². The normalized spacial score (nSPS) is 18.0. The number of carboxylic acids is 1. The van der Waals surface area contributed by atoms with Gasteiger partial charge in [-0.15, -0.1) is 0 Å². The second-order valence-corrected chi connectivity index (χ2v) is 5.92. The van der Waals surface area contributed by atoms with Crippen LogP contribution in [0.3, 0.4) is 0 Å². The maximum Gasteiger partial charge on any atom is 0.314 e. The maximum absolute atomic E-state index is 11.2. The summed E-state index contributed by atoms with van der Waals surface area (Å²) < 4.78 is 10.7. The molecule has 1 N–H and O–H groups in total. The van der Waals surface area contributed by atoms with Crippen molar-refractivity contribution >= 4 is 11.8 Å². The predicted octanol–water partition coefficient (Wildman–Crippen LogP) is 2.64. The zero-order chi connectivity index (χ0) is 15.4. The van der Waals surface area contributed by atoms with Crippen LogP contribution in [-0.2, 0) is 9.59 Å². The molecule has 0 saturated heterocycles. The van der Waals surface area contributed by atoms with Gasteiger partial charge in [0.25, 0.3) is 5.88 Å².